The maximum Gasteiger partial charge on any atom is 0.240 e. The Bertz CT molecular complexity index is 1070. The van der Waals surface area contributed by atoms with E-state index in [0.29, 0.717) is 30.6 Å². The fourth-order valence-electron chi connectivity index (χ4n) is 5.18. The molecule has 2 atom stereocenters. The van der Waals surface area contributed by atoms with Crippen molar-refractivity contribution in [3.8, 4) is 0 Å². The number of amides is 3. The number of halogens is 1. The topological polar surface area (TPSA) is 66.9 Å². The maximum atomic E-state index is 14.3. The number of nitrogens with zero attached hydrogens (tertiary/aromatic N) is 2. The van der Waals surface area contributed by atoms with Gasteiger partial charge in [0.2, 0.25) is 17.7 Å². The van der Waals surface area contributed by atoms with Crippen molar-refractivity contribution in [1.29, 1.82) is 0 Å². The predicted molar refractivity (Wildman–Crippen MR) is 121 cm³/mol. The lowest BCUT2D eigenvalue weighted by molar-refractivity contribution is -0.143. The molecule has 2 heterocycles. The number of likely N-dealkylation sites (tertiary alicyclic amines) is 2. The van der Waals surface area contributed by atoms with E-state index < -0.39 is 5.41 Å². The fourth-order valence-corrected chi connectivity index (χ4v) is 5.18. The largest absolute Gasteiger partial charge is 0.383 e. The molecule has 0 aromatic heterocycles. The van der Waals surface area contributed by atoms with Crippen LogP contribution < -0.4 is 0 Å². The van der Waals surface area contributed by atoms with Crippen molar-refractivity contribution in [2.75, 3.05) is 33.4 Å². The van der Waals surface area contributed by atoms with Gasteiger partial charge in [0.15, 0.2) is 0 Å². The first-order chi connectivity index (χ1) is 15.9. The second-order valence-electron chi connectivity index (χ2n) is 8.94. The first kappa shape index (κ1) is 23.1. The maximum absolute atomic E-state index is 14.3. The van der Waals surface area contributed by atoms with Crippen LogP contribution in [-0.4, -0.2) is 60.9 Å². The molecular weight excluding hydrogens is 423 g/mol. The number of imide groups is 1. The summed E-state index contributed by atoms with van der Waals surface area (Å²) >= 11 is 0. The Morgan fingerprint density at radius 1 is 1.15 bits per heavy atom. The number of methoxy groups -OCH3 is 1. The quantitative estimate of drug-likeness (QED) is 0.606. The lowest BCUT2D eigenvalue weighted by Crippen LogP contribution is -2.44. The number of hydrogen-bond donors (Lipinski definition) is 0. The molecule has 6 nitrogen and oxygen atoms in total. The predicted octanol–water partition coefficient (Wildman–Crippen LogP) is 3.18. The van der Waals surface area contributed by atoms with Crippen molar-refractivity contribution in [2.45, 2.75) is 37.5 Å². The molecule has 2 saturated heterocycles. The highest BCUT2D eigenvalue weighted by molar-refractivity contribution is 6.11. The summed E-state index contributed by atoms with van der Waals surface area (Å²) in [5.41, 5.74) is 0.954. The van der Waals surface area contributed by atoms with E-state index in [-0.39, 0.29) is 55.4 Å². The Kier molecular flexibility index (Phi) is 6.61. The highest BCUT2D eigenvalue weighted by atomic mass is 19.1. The molecule has 0 unspecified atom stereocenters. The summed E-state index contributed by atoms with van der Waals surface area (Å²) in [5, 5.41) is 0. The van der Waals surface area contributed by atoms with Crippen molar-refractivity contribution < 1.29 is 23.5 Å². The van der Waals surface area contributed by atoms with Gasteiger partial charge in [0.05, 0.1) is 18.6 Å². The number of ether oxygens (including phenoxy) is 1. The molecule has 0 bridgehead atoms. The zero-order valence-electron chi connectivity index (χ0n) is 19.1. The molecule has 2 aliphatic heterocycles. The number of hydrogen-bond acceptors (Lipinski definition) is 4. The summed E-state index contributed by atoms with van der Waals surface area (Å²) in [5.74, 6) is -1.18. The number of aryl methyl sites for hydroxylation is 1. The molecule has 0 aliphatic carbocycles. The molecule has 174 valence electrons. The Labute approximate surface area is 193 Å². The third-order valence-corrected chi connectivity index (χ3v) is 6.93. The first-order valence-corrected chi connectivity index (χ1v) is 11.3. The summed E-state index contributed by atoms with van der Waals surface area (Å²) in [7, 11) is 1.52. The summed E-state index contributed by atoms with van der Waals surface area (Å²) in [6.07, 6.45) is 0.531. The highest BCUT2D eigenvalue weighted by Crippen LogP contribution is 2.42. The molecule has 2 aromatic rings. The van der Waals surface area contributed by atoms with Crippen molar-refractivity contribution >= 4 is 17.7 Å². The summed E-state index contributed by atoms with van der Waals surface area (Å²) in [6.45, 7) is 3.19. The lowest BCUT2D eigenvalue weighted by atomic mass is 9.74. The number of carbonyl (C=O) groups is 3. The van der Waals surface area contributed by atoms with Gasteiger partial charge in [-0.05, 0) is 36.1 Å². The zero-order chi connectivity index (χ0) is 23.6. The summed E-state index contributed by atoms with van der Waals surface area (Å²) < 4.78 is 19.3. The van der Waals surface area contributed by atoms with Crippen molar-refractivity contribution in [3.63, 3.8) is 0 Å². The smallest absolute Gasteiger partial charge is 0.240 e. The van der Waals surface area contributed by atoms with Gasteiger partial charge in [-0.25, -0.2) is 4.39 Å². The van der Waals surface area contributed by atoms with Crippen LogP contribution in [0.25, 0.3) is 0 Å². The van der Waals surface area contributed by atoms with Crippen molar-refractivity contribution in [3.05, 3.63) is 71.0 Å². The molecule has 2 aromatic carbocycles. The molecule has 0 saturated carbocycles. The molecule has 2 aliphatic rings. The van der Waals surface area contributed by atoms with Crippen LogP contribution in [0, 0.1) is 12.7 Å². The van der Waals surface area contributed by atoms with Gasteiger partial charge in [0.1, 0.15) is 5.82 Å². The Balaban J connectivity index is 1.60. The number of carbonyl (C=O) groups excluding carboxylic acids is 3. The van der Waals surface area contributed by atoms with Gasteiger partial charge in [-0.1, -0.05) is 42.5 Å². The van der Waals surface area contributed by atoms with E-state index >= 15 is 0 Å². The molecule has 4 rings (SSSR count). The third-order valence-electron chi connectivity index (χ3n) is 6.93. The minimum Gasteiger partial charge on any atom is -0.383 e. The van der Waals surface area contributed by atoms with Crippen LogP contribution in [0.5, 0.6) is 0 Å². The normalized spacial score (nSPS) is 22.9. The lowest BCUT2D eigenvalue weighted by Gasteiger charge is -2.30. The molecule has 0 N–H and O–H groups in total. The molecule has 3 amide bonds. The van der Waals surface area contributed by atoms with E-state index in [9.17, 15) is 18.8 Å². The first-order valence-electron chi connectivity index (χ1n) is 11.3. The van der Waals surface area contributed by atoms with Crippen LogP contribution in [0.4, 0.5) is 4.39 Å². The van der Waals surface area contributed by atoms with Crippen LogP contribution >= 0.6 is 0 Å². The van der Waals surface area contributed by atoms with Crippen molar-refractivity contribution in [2.24, 2.45) is 0 Å². The average Bonchev–Trinajstić information content (AvgIpc) is 3.37. The van der Waals surface area contributed by atoms with Gasteiger partial charge in [-0.3, -0.25) is 19.3 Å². The molecule has 33 heavy (non-hydrogen) atoms. The van der Waals surface area contributed by atoms with Crippen LogP contribution in [0.1, 0.15) is 41.9 Å². The van der Waals surface area contributed by atoms with Gasteiger partial charge >= 0.3 is 0 Å². The zero-order valence-corrected chi connectivity index (χ0v) is 19.1. The monoisotopic (exact) mass is 452 g/mol. The fraction of sp³-hybridized carbons (Fsp3) is 0.423. The van der Waals surface area contributed by atoms with E-state index in [4.69, 9.17) is 4.74 Å². The minimum atomic E-state index is -1.23. The molecule has 7 heteroatoms. The average molecular weight is 453 g/mol. The molecule has 2 fully saturated rings. The number of benzene rings is 2. The van der Waals surface area contributed by atoms with E-state index in [2.05, 4.69) is 0 Å². The van der Waals surface area contributed by atoms with Gasteiger partial charge in [-0.15, -0.1) is 0 Å². The van der Waals surface area contributed by atoms with Crippen LogP contribution in [-0.2, 0) is 24.5 Å². The molecule has 0 radical (unpaired) electrons. The Morgan fingerprint density at radius 3 is 2.61 bits per heavy atom. The summed E-state index contributed by atoms with van der Waals surface area (Å²) in [4.78, 5) is 42.8. The van der Waals surface area contributed by atoms with E-state index in [1.807, 2.05) is 31.2 Å². The Hall–Kier alpha value is -3.06. The van der Waals surface area contributed by atoms with Gasteiger partial charge in [-0.2, -0.15) is 0 Å². The molecule has 0 spiro atoms. The van der Waals surface area contributed by atoms with Crippen molar-refractivity contribution in [1.82, 2.24) is 9.80 Å². The highest BCUT2D eigenvalue weighted by Gasteiger charge is 2.54. The van der Waals surface area contributed by atoms with E-state index in [1.165, 1.54) is 18.1 Å². The van der Waals surface area contributed by atoms with Gasteiger partial charge < -0.3 is 9.64 Å². The van der Waals surface area contributed by atoms with Crippen LogP contribution in [0.15, 0.2) is 48.5 Å². The van der Waals surface area contributed by atoms with E-state index in [0.717, 1.165) is 5.56 Å². The van der Waals surface area contributed by atoms with Gasteiger partial charge in [0.25, 0.3) is 0 Å². The SMILES string of the molecule is COCCN1C(=O)C[C@@](CC(=O)N2CC[C@H](c3ccccc3F)C2)(c2ccccc2C)C1=O. The second kappa shape index (κ2) is 9.43. The van der Waals surface area contributed by atoms with Crippen LogP contribution in [0.3, 0.4) is 0 Å². The standard InChI is InChI=1S/C26H29FN2O4/c1-18-7-3-5-9-21(18)26(16-24(31)29(25(26)32)13-14-33-2)15-23(30)28-12-11-19(17-28)20-8-4-6-10-22(20)27/h3-10,19H,11-17H2,1-2H3/t19-,26-/m0/s1. The van der Waals surface area contributed by atoms with Crippen LogP contribution in [0.2, 0.25) is 0 Å². The van der Waals surface area contributed by atoms with E-state index in [1.54, 1.807) is 23.1 Å². The second-order valence-corrected chi connectivity index (χ2v) is 8.94. The molecular formula is C26H29FN2O4. The minimum absolute atomic E-state index is 0.0449. The summed E-state index contributed by atoms with van der Waals surface area (Å²) in [6, 6.07) is 14.1. The van der Waals surface area contributed by atoms with Gasteiger partial charge in [0, 0.05) is 39.0 Å². The third kappa shape index (κ3) is 4.29. The Morgan fingerprint density at radius 2 is 1.88 bits per heavy atom. The number of rotatable bonds is 7.